The third-order valence-corrected chi connectivity index (χ3v) is 5.87. The maximum absolute atomic E-state index is 12.4. The molecule has 3 aromatic rings. The molecule has 0 bridgehead atoms. The van der Waals surface area contributed by atoms with Gasteiger partial charge in [-0.25, -0.2) is 9.78 Å². The van der Waals surface area contributed by atoms with Crippen LogP contribution in [0.15, 0.2) is 42.5 Å². The number of aromatic nitrogens is 1. The van der Waals surface area contributed by atoms with Gasteiger partial charge in [0.1, 0.15) is 5.82 Å². The Bertz CT molecular complexity index is 1060. The third kappa shape index (κ3) is 4.30. The minimum absolute atomic E-state index is 0.301. The number of anilines is 3. The van der Waals surface area contributed by atoms with E-state index in [4.69, 9.17) is 16.6 Å². The summed E-state index contributed by atoms with van der Waals surface area (Å²) in [7, 11) is 0. The summed E-state index contributed by atoms with van der Waals surface area (Å²) in [6.45, 7) is 6.11. The molecule has 2 amide bonds. The lowest BCUT2D eigenvalue weighted by atomic mass is 10.1. The smallest absolute Gasteiger partial charge is 0.323 e. The second-order valence-corrected chi connectivity index (χ2v) is 7.98. The maximum atomic E-state index is 12.4. The Kier molecular flexibility index (Phi) is 5.58. The highest BCUT2D eigenvalue weighted by Crippen LogP contribution is 2.27. The van der Waals surface area contributed by atoms with Crippen LogP contribution in [0.3, 0.4) is 0 Å². The van der Waals surface area contributed by atoms with Crippen LogP contribution in [0.5, 0.6) is 0 Å². The van der Waals surface area contributed by atoms with E-state index in [0.717, 1.165) is 46.6 Å². The van der Waals surface area contributed by atoms with Crippen molar-refractivity contribution in [3.63, 3.8) is 0 Å². The lowest BCUT2D eigenvalue weighted by Gasteiger charge is -2.28. The van der Waals surface area contributed by atoms with Gasteiger partial charge in [0.05, 0.1) is 5.52 Å². The number of carbonyl (C=O) groups excluding carboxylic acids is 1. The summed E-state index contributed by atoms with van der Waals surface area (Å²) >= 11 is 6.13. The van der Waals surface area contributed by atoms with Gasteiger partial charge in [0.2, 0.25) is 0 Å². The lowest BCUT2D eigenvalue weighted by Crippen LogP contribution is -2.30. The first kappa shape index (κ1) is 19.5. The number of halogens is 1. The molecule has 0 spiro atoms. The van der Waals surface area contributed by atoms with Crippen molar-refractivity contribution < 1.29 is 4.79 Å². The number of pyridine rings is 1. The van der Waals surface area contributed by atoms with Crippen molar-refractivity contribution in [1.29, 1.82) is 0 Å². The summed E-state index contributed by atoms with van der Waals surface area (Å²) in [4.78, 5) is 19.7. The molecule has 0 atom stereocenters. The van der Waals surface area contributed by atoms with Crippen LogP contribution in [0, 0.1) is 13.8 Å². The highest BCUT2D eigenvalue weighted by molar-refractivity contribution is 6.31. The van der Waals surface area contributed by atoms with E-state index in [2.05, 4.69) is 28.5 Å². The first-order valence-electron chi connectivity index (χ1n) is 10.0. The number of hydrogen-bond donors (Lipinski definition) is 2. The number of fused-ring (bicyclic) bond motifs is 1. The van der Waals surface area contributed by atoms with Gasteiger partial charge in [0.15, 0.2) is 0 Å². The molecule has 1 aromatic heterocycles. The Hall–Kier alpha value is -2.79. The van der Waals surface area contributed by atoms with Gasteiger partial charge >= 0.3 is 6.03 Å². The van der Waals surface area contributed by atoms with Gasteiger partial charge in [0.25, 0.3) is 0 Å². The van der Waals surface area contributed by atoms with Crippen LogP contribution < -0.4 is 15.5 Å². The van der Waals surface area contributed by atoms with Crippen molar-refractivity contribution >= 4 is 45.7 Å². The molecule has 29 heavy (non-hydrogen) atoms. The molecule has 0 saturated carbocycles. The maximum Gasteiger partial charge on any atom is 0.323 e. The second kappa shape index (κ2) is 8.29. The SMILES string of the molecule is Cc1c(Cl)cccc1NC(=O)Nc1ccc2nc(N3CCCCC3)cc(C)c2c1. The number of hydrogen-bond acceptors (Lipinski definition) is 3. The van der Waals surface area contributed by atoms with Gasteiger partial charge in [0, 0.05) is 34.9 Å². The first-order valence-corrected chi connectivity index (χ1v) is 10.4. The van der Waals surface area contributed by atoms with Crippen molar-refractivity contribution in [1.82, 2.24) is 4.98 Å². The van der Waals surface area contributed by atoms with Crippen molar-refractivity contribution in [3.05, 3.63) is 58.6 Å². The highest BCUT2D eigenvalue weighted by atomic mass is 35.5. The molecule has 1 aliphatic heterocycles. The summed E-state index contributed by atoms with van der Waals surface area (Å²) in [5.41, 5.74) is 4.37. The first-order chi connectivity index (χ1) is 14.0. The molecule has 1 saturated heterocycles. The van der Waals surface area contributed by atoms with Gasteiger partial charge in [-0.15, -0.1) is 0 Å². The number of nitrogens with zero attached hydrogens (tertiary/aromatic N) is 2. The normalized spacial score (nSPS) is 14.1. The van der Waals surface area contributed by atoms with Crippen LogP contribution in [0.4, 0.5) is 22.0 Å². The van der Waals surface area contributed by atoms with Crippen LogP contribution in [0.2, 0.25) is 5.02 Å². The molecule has 1 aliphatic rings. The quantitative estimate of drug-likeness (QED) is 0.547. The molecule has 2 heterocycles. The van der Waals surface area contributed by atoms with Gasteiger partial charge in [-0.1, -0.05) is 17.7 Å². The third-order valence-electron chi connectivity index (χ3n) is 5.46. The van der Waals surface area contributed by atoms with Crippen LogP contribution >= 0.6 is 11.6 Å². The molecule has 150 valence electrons. The summed E-state index contributed by atoms with van der Waals surface area (Å²) in [5.74, 6) is 1.05. The number of amides is 2. The number of urea groups is 1. The fourth-order valence-corrected chi connectivity index (χ4v) is 3.94. The van der Waals surface area contributed by atoms with Crippen molar-refractivity contribution in [3.8, 4) is 0 Å². The zero-order chi connectivity index (χ0) is 20.4. The Balaban J connectivity index is 1.53. The van der Waals surface area contributed by atoms with E-state index in [1.807, 2.05) is 37.3 Å². The molecule has 4 rings (SSSR count). The second-order valence-electron chi connectivity index (χ2n) is 7.57. The summed E-state index contributed by atoms with van der Waals surface area (Å²) in [5, 5.41) is 7.43. The number of benzene rings is 2. The molecule has 2 N–H and O–H groups in total. The highest BCUT2D eigenvalue weighted by Gasteiger charge is 2.14. The van der Waals surface area contributed by atoms with E-state index in [-0.39, 0.29) is 6.03 Å². The minimum Gasteiger partial charge on any atom is -0.357 e. The number of rotatable bonds is 3. The summed E-state index contributed by atoms with van der Waals surface area (Å²) in [6, 6.07) is 13.1. The van der Waals surface area contributed by atoms with Crippen molar-refractivity contribution in [2.24, 2.45) is 0 Å². The van der Waals surface area contributed by atoms with Crippen molar-refractivity contribution in [2.45, 2.75) is 33.1 Å². The predicted molar refractivity (Wildman–Crippen MR) is 121 cm³/mol. The predicted octanol–water partition coefficient (Wildman–Crippen LogP) is 6.14. The van der Waals surface area contributed by atoms with E-state index < -0.39 is 0 Å². The lowest BCUT2D eigenvalue weighted by molar-refractivity contribution is 0.262. The summed E-state index contributed by atoms with van der Waals surface area (Å²) in [6.07, 6.45) is 3.75. The van der Waals surface area contributed by atoms with Crippen LogP contribution in [-0.2, 0) is 0 Å². The van der Waals surface area contributed by atoms with Crippen LogP contribution in [0.25, 0.3) is 10.9 Å². The van der Waals surface area contributed by atoms with Gasteiger partial charge in [-0.3, -0.25) is 0 Å². The van der Waals surface area contributed by atoms with Crippen LogP contribution in [0.1, 0.15) is 30.4 Å². The molecular formula is C23H25ClN4O. The summed E-state index contributed by atoms with van der Waals surface area (Å²) < 4.78 is 0. The van der Waals surface area contributed by atoms with E-state index >= 15 is 0 Å². The van der Waals surface area contributed by atoms with E-state index in [1.165, 1.54) is 19.3 Å². The molecular weight excluding hydrogens is 384 g/mol. The topological polar surface area (TPSA) is 57.3 Å². The van der Waals surface area contributed by atoms with E-state index in [1.54, 1.807) is 6.07 Å². The number of piperidine rings is 1. The molecule has 0 unspecified atom stereocenters. The van der Waals surface area contributed by atoms with Gasteiger partial charge < -0.3 is 15.5 Å². The average molecular weight is 409 g/mol. The minimum atomic E-state index is -0.301. The Morgan fingerprint density at radius 1 is 1.03 bits per heavy atom. The van der Waals surface area contributed by atoms with E-state index in [9.17, 15) is 4.79 Å². The van der Waals surface area contributed by atoms with Gasteiger partial charge in [-0.05, 0) is 80.6 Å². The monoisotopic (exact) mass is 408 g/mol. The molecule has 1 fully saturated rings. The van der Waals surface area contributed by atoms with Gasteiger partial charge in [-0.2, -0.15) is 0 Å². The molecule has 6 heteroatoms. The molecule has 0 radical (unpaired) electrons. The van der Waals surface area contributed by atoms with Crippen LogP contribution in [-0.4, -0.2) is 24.1 Å². The Labute approximate surface area is 176 Å². The number of aryl methyl sites for hydroxylation is 1. The van der Waals surface area contributed by atoms with Crippen molar-refractivity contribution in [2.75, 3.05) is 28.6 Å². The fourth-order valence-electron chi connectivity index (χ4n) is 3.77. The average Bonchev–Trinajstić information content (AvgIpc) is 2.72. The largest absolute Gasteiger partial charge is 0.357 e. The number of nitrogens with one attached hydrogen (secondary N) is 2. The molecule has 5 nitrogen and oxygen atoms in total. The standard InChI is InChI=1S/C23H25ClN4O/c1-15-13-22(28-11-4-3-5-12-28)26-21-10-9-17(14-18(15)21)25-23(29)27-20-8-6-7-19(24)16(20)2/h6-10,13-14H,3-5,11-12H2,1-2H3,(H2,25,27,29). The molecule has 0 aliphatic carbocycles. The Morgan fingerprint density at radius 2 is 1.83 bits per heavy atom. The fraction of sp³-hybridized carbons (Fsp3) is 0.304. The number of carbonyl (C=O) groups is 1. The van der Waals surface area contributed by atoms with E-state index in [0.29, 0.717) is 10.7 Å². The molecule has 2 aromatic carbocycles. The zero-order valence-corrected chi connectivity index (χ0v) is 17.5. The zero-order valence-electron chi connectivity index (χ0n) is 16.8. The Morgan fingerprint density at radius 3 is 2.62 bits per heavy atom.